The predicted molar refractivity (Wildman–Crippen MR) is 219 cm³/mol. The van der Waals surface area contributed by atoms with Gasteiger partial charge in [0, 0.05) is 12.2 Å². The molecule has 6 aromatic rings. The summed E-state index contributed by atoms with van der Waals surface area (Å²) in [5, 5.41) is 39.4. The molecule has 0 aliphatic rings. The van der Waals surface area contributed by atoms with Gasteiger partial charge in [0.25, 0.3) is 0 Å². The zero-order valence-electron chi connectivity index (χ0n) is 31.7. The van der Waals surface area contributed by atoms with E-state index in [2.05, 4.69) is 0 Å². The molecule has 0 aromatic heterocycles. The highest BCUT2D eigenvalue weighted by atomic mass is 16.6. The fourth-order valence-electron chi connectivity index (χ4n) is 5.95. The molecule has 2 atom stereocenters. The van der Waals surface area contributed by atoms with Crippen molar-refractivity contribution in [3.63, 3.8) is 0 Å². The molecule has 0 saturated carbocycles. The molecule has 4 N–H and O–H groups in total. The lowest BCUT2D eigenvalue weighted by molar-refractivity contribution is -0.191. The smallest absolute Gasteiger partial charge is 0.353 e. The van der Waals surface area contributed by atoms with E-state index in [0.29, 0.717) is 22.3 Å². The first-order valence-corrected chi connectivity index (χ1v) is 18.5. The van der Waals surface area contributed by atoms with Crippen LogP contribution in [0.3, 0.4) is 0 Å². The van der Waals surface area contributed by atoms with Crippen LogP contribution in [0.25, 0.3) is 12.2 Å². The van der Waals surface area contributed by atoms with Crippen molar-refractivity contribution in [2.24, 2.45) is 0 Å². The minimum atomic E-state index is -2.28. The fraction of sp³-hybridized carbons (Fsp3) is 0.0833. The number of rotatable bonds is 15. The van der Waals surface area contributed by atoms with Gasteiger partial charge in [-0.2, -0.15) is 0 Å². The molecule has 0 radical (unpaired) electrons. The van der Waals surface area contributed by atoms with Gasteiger partial charge in [0.1, 0.15) is 0 Å². The number of benzene rings is 6. The topological polar surface area (TPSA) is 186 Å². The standard InChI is InChI=1S/C48H38O12/c49-37-25-21-31(29-39(37)51)23-27-41(53)57-45(47(55)59-43(33-13-5-1-6-14-33)34-15-7-2-8-16-34)46(58-42(54)28-24-32-22-26-38(50)40(52)30-32)48(56)60-44(35-17-9-3-10-18-35)36-19-11-4-12-20-36/h1-30,43-46,49-52H/b27-23+,28-24+/t45-,46+. The van der Waals surface area contributed by atoms with Gasteiger partial charge in [0.15, 0.2) is 35.2 Å². The molecule has 0 unspecified atom stereocenters. The van der Waals surface area contributed by atoms with Gasteiger partial charge in [-0.25, -0.2) is 19.2 Å². The molecule has 302 valence electrons. The van der Waals surface area contributed by atoms with E-state index in [1.165, 1.54) is 48.6 Å². The summed E-state index contributed by atoms with van der Waals surface area (Å²) < 4.78 is 23.4. The SMILES string of the molecule is O=C(/C=C/c1ccc(O)c(O)c1)O[C@H](C(=O)OC(c1ccccc1)c1ccccc1)[C@@H](OC(=O)/C=C/c1ccc(O)c(O)c1)C(=O)OC(c1ccccc1)c1ccccc1. The molecule has 6 rings (SSSR count). The first-order valence-electron chi connectivity index (χ1n) is 18.5. The largest absolute Gasteiger partial charge is 0.504 e. The third-order valence-electron chi connectivity index (χ3n) is 8.93. The summed E-state index contributed by atoms with van der Waals surface area (Å²) in [7, 11) is 0. The van der Waals surface area contributed by atoms with Crippen molar-refractivity contribution in [3.05, 3.63) is 203 Å². The van der Waals surface area contributed by atoms with E-state index in [1.807, 2.05) is 0 Å². The summed E-state index contributed by atoms with van der Waals surface area (Å²) in [4.78, 5) is 56.2. The molecule has 12 heteroatoms. The average molecular weight is 807 g/mol. The maximum atomic E-state index is 14.5. The van der Waals surface area contributed by atoms with Crippen LogP contribution in [-0.4, -0.2) is 56.5 Å². The Morgan fingerprint density at radius 3 is 0.967 bits per heavy atom. The lowest BCUT2D eigenvalue weighted by atomic mass is 10.0. The van der Waals surface area contributed by atoms with Crippen LogP contribution in [-0.2, 0) is 38.1 Å². The number of phenols is 4. The number of carbonyl (C=O) groups excluding carboxylic acids is 4. The Balaban J connectivity index is 1.41. The van der Waals surface area contributed by atoms with Crippen LogP contribution < -0.4 is 0 Å². The van der Waals surface area contributed by atoms with Gasteiger partial charge >= 0.3 is 23.9 Å². The molecule has 0 fully saturated rings. The third kappa shape index (κ3) is 11.0. The summed E-state index contributed by atoms with van der Waals surface area (Å²) in [6, 6.07) is 42.2. The number of ether oxygens (including phenoxy) is 4. The van der Waals surface area contributed by atoms with Crippen LogP contribution in [0.4, 0.5) is 0 Å². The monoisotopic (exact) mass is 806 g/mol. The first-order chi connectivity index (χ1) is 29.0. The van der Waals surface area contributed by atoms with Crippen LogP contribution >= 0.6 is 0 Å². The fourth-order valence-corrected chi connectivity index (χ4v) is 5.95. The lowest BCUT2D eigenvalue weighted by Crippen LogP contribution is -2.47. The highest BCUT2D eigenvalue weighted by Crippen LogP contribution is 2.31. The van der Waals surface area contributed by atoms with E-state index < -0.39 is 71.3 Å². The van der Waals surface area contributed by atoms with Gasteiger partial charge in [0.05, 0.1) is 0 Å². The number of aromatic hydroxyl groups is 4. The van der Waals surface area contributed by atoms with Crippen molar-refractivity contribution in [1.82, 2.24) is 0 Å². The molecule has 12 nitrogen and oxygen atoms in total. The average Bonchev–Trinajstić information content (AvgIpc) is 3.27. The Morgan fingerprint density at radius 1 is 0.383 bits per heavy atom. The normalized spacial score (nSPS) is 12.2. The van der Waals surface area contributed by atoms with Gasteiger partial charge in [-0.1, -0.05) is 133 Å². The second kappa shape index (κ2) is 19.8. The van der Waals surface area contributed by atoms with E-state index in [4.69, 9.17) is 18.9 Å². The Labute approximate surface area is 344 Å². The van der Waals surface area contributed by atoms with Crippen molar-refractivity contribution >= 4 is 36.0 Å². The van der Waals surface area contributed by atoms with Crippen molar-refractivity contribution in [2.45, 2.75) is 24.4 Å². The number of carbonyl (C=O) groups is 4. The van der Waals surface area contributed by atoms with E-state index in [0.717, 1.165) is 12.2 Å². The number of esters is 4. The Hall–Kier alpha value is -8.12. The molecular weight excluding hydrogens is 769 g/mol. The summed E-state index contributed by atoms with van der Waals surface area (Å²) in [5.41, 5.74) is 2.63. The molecule has 0 spiro atoms. The summed E-state index contributed by atoms with van der Waals surface area (Å²) in [5.74, 6) is -6.66. The zero-order chi connectivity index (χ0) is 42.4. The van der Waals surface area contributed by atoms with Gasteiger partial charge in [-0.3, -0.25) is 0 Å². The highest BCUT2D eigenvalue weighted by molar-refractivity contribution is 5.95. The van der Waals surface area contributed by atoms with Crippen molar-refractivity contribution in [3.8, 4) is 23.0 Å². The van der Waals surface area contributed by atoms with Crippen molar-refractivity contribution in [1.29, 1.82) is 0 Å². The molecule has 6 aromatic carbocycles. The summed E-state index contributed by atoms with van der Waals surface area (Å²) >= 11 is 0. The Morgan fingerprint density at radius 2 is 0.683 bits per heavy atom. The van der Waals surface area contributed by atoms with Crippen LogP contribution in [0.5, 0.6) is 23.0 Å². The third-order valence-corrected chi connectivity index (χ3v) is 8.93. The van der Waals surface area contributed by atoms with E-state index >= 15 is 0 Å². The lowest BCUT2D eigenvalue weighted by Gasteiger charge is -2.28. The molecule has 0 aliphatic heterocycles. The van der Waals surface area contributed by atoms with Crippen LogP contribution in [0, 0.1) is 0 Å². The van der Waals surface area contributed by atoms with Crippen molar-refractivity contribution in [2.75, 3.05) is 0 Å². The Bertz CT molecular complexity index is 2210. The van der Waals surface area contributed by atoms with Gasteiger partial charge < -0.3 is 39.4 Å². The van der Waals surface area contributed by atoms with Crippen LogP contribution in [0.2, 0.25) is 0 Å². The molecular formula is C48H38O12. The maximum absolute atomic E-state index is 14.5. The first kappa shape index (κ1) is 41.5. The van der Waals surface area contributed by atoms with Gasteiger partial charge in [0.2, 0.25) is 12.2 Å². The number of hydrogen-bond donors (Lipinski definition) is 4. The second-order valence-corrected chi connectivity index (χ2v) is 13.2. The number of hydrogen-bond acceptors (Lipinski definition) is 12. The van der Waals surface area contributed by atoms with Crippen molar-refractivity contribution < 1.29 is 58.6 Å². The van der Waals surface area contributed by atoms with E-state index in [1.54, 1.807) is 121 Å². The van der Waals surface area contributed by atoms with E-state index in [-0.39, 0.29) is 11.1 Å². The molecule has 60 heavy (non-hydrogen) atoms. The minimum absolute atomic E-state index is 0.260. The number of phenolic OH excluding ortho intramolecular Hbond substituents is 4. The molecule has 0 aliphatic carbocycles. The second-order valence-electron chi connectivity index (χ2n) is 13.2. The molecule has 0 bridgehead atoms. The van der Waals surface area contributed by atoms with Gasteiger partial charge in [-0.15, -0.1) is 0 Å². The van der Waals surface area contributed by atoms with Crippen LogP contribution in [0.1, 0.15) is 45.6 Å². The van der Waals surface area contributed by atoms with Gasteiger partial charge in [-0.05, 0) is 69.8 Å². The zero-order valence-corrected chi connectivity index (χ0v) is 31.7. The van der Waals surface area contributed by atoms with Crippen LogP contribution in [0.15, 0.2) is 170 Å². The maximum Gasteiger partial charge on any atom is 0.353 e. The predicted octanol–water partition coefficient (Wildman–Crippen LogP) is 7.72. The highest BCUT2D eigenvalue weighted by Gasteiger charge is 2.44. The molecule has 0 saturated heterocycles. The Kier molecular flexibility index (Phi) is 13.7. The summed E-state index contributed by atoms with van der Waals surface area (Å²) in [6.07, 6.45) is -2.50. The van der Waals surface area contributed by atoms with E-state index in [9.17, 15) is 39.6 Å². The molecule has 0 heterocycles. The minimum Gasteiger partial charge on any atom is -0.504 e. The molecule has 0 amide bonds. The summed E-state index contributed by atoms with van der Waals surface area (Å²) in [6.45, 7) is 0. The quantitative estimate of drug-likeness (QED) is 0.0343.